The molecular weight excluding hydrogens is 629 g/mol. The van der Waals surface area contributed by atoms with Crippen molar-refractivity contribution < 1.29 is 36.3 Å². The number of esters is 1. The highest BCUT2D eigenvalue weighted by Gasteiger charge is 2.38. The summed E-state index contributed by atoms with van der Waals surface area (Å²) in [4.78, 5) is 53.8. The first-order chi connectivity index (χ1) is 22.1. The first kappa shape index (κ1) is 34.7. The predicted molar refractivity (Wildman–Crippen MR) is 166 cm³/mol. The van der Waals surface area contributed by atoms with Crippen LogP contribution in [0.15, 0.2) is 64.2 Å². The summed E-state index contributed by atoms with van der Waals surface area (Å²) in [6, 6.07) is 8.65. The van der Waals surface area contributed by atoms with Gasteiger partial charge >= 0.3 is 17.8 Å². The topological polar surface area (TPSA) is 115 Å². The molecule has 1 aromatic heterocycles. The second-order valence-electron chi connectivity index (χ2n) is 11.0. The number of amides is 1. The highest BCUT2D eigenvalue weighted by Crippen LogP contribution is 2.28. The van der Waals surface area contributed by atoms with Crippen molar-refractivity contribution in [3.8, 4) is 5.69 Å². The van der Waals surface area contributed by atoms with E-state index in [1.165, 1.54) is 42.8 Å². The van der Waals surface area contributed by atoms with Gasteiger partial charge in [-0.3, -0.25) is 14.2 Å². The summed E-state index contributed by atoms with van der Waals surface area (Å²) in [5.74, 6) is -5.19. The van der Waals surface area contributed by atoms with Crippen LogP contribution >= 0.6 is 0 Å². The lowest BCUT2D eigenvalue weighted by Gasteiger charge is -2.22. The molecule has 250 valence electrons. The average Bonchev–Trinajstić information content (AvgIpc) is 3.01. The van der Waals surface area contributed by atoms with Crippen molar-refractivity contribution in [2.45, 2.75) is 38.0 Å². The second kappa shape index (κ2) is 13.6. The van der Waals surface area contributed by atoms with Crippen molar-refractivity contribution in [2.75, 3.05) is 31.4 Å². The molecule has 4 rings (SSSR count). The molecule has 0 aliphatic heterocycles. The minimum atomic E-state index is -4.68. The number of nitrogens with zero attached hydrogens (tertiary/aromatic N) is 3. The molecule has 0 saturated carbocycles. The summed E-state index contributed by atoms with van der Waals surface area (Å²) in [5.41, 5.74) is -0.931. The van der Waals surface area contributed by atoms with Gasteiger partial charge in [0.2, 0.25) is 0 Å². The molecule has 0 unspecified atom stereocenters. The van der Waals surface area contributed by atoms with E-state index in [2.05, 4.69) is 5.32 Å². The van der Waals surface area contributed by atoms with E-state index >= 15 is 0 Å². The van der Waals surface area contributed by atoms with E-state index in [-0.39, 0.29) is 12.1 Å². The number of hydrogen-bond acceptors (Lipinski definition) is 7. The molecule has 0 spiro atoms. The third-order valence-corrected chi connectivity index (χ3v) is 7.61. The number of hydrogen-bond donors (Lipinski definition) is 2. The third-order valence-electron chi connectivity index (χ3n) is 7.61. The van der Waals surface area contributed by atoms with Crippen LogP contribution in [0.5, 0.6) is 0 Å². The number of ether oxygens (including phenoxy) is 1. The van der Waals surface area contributed by atoms with Crippen molar-refractivity contribution in [1.29, 1.82) is 0 Å². The van der Waals surface area contributed by atoms with E-state index in [1.807, 2.05) is 24.3 Å². The molecule has 3 aromatic carbocycles. The Labute approximate surface area is 265 Å². The van der Waals surface area contributed by atoms with Crippen molar-refractivity contribution in [3.63, 3.8) is 0 Å². The average molecular weight is 662 g/mol. The van der Waals surface area contributed by atoms with Crippen molar-refractivity contribution in [3.05, 3.63) is 98.2 Å². The standard InChI is InChI=1S/C32H32F5N5O5/c1-6-26(32(35,36)37)38-18-14-22(33)27(23(34)15-18)28(43)39-24(30(45)47-5)13-17-7-9-19(10-8-17)42-29(44)21-16-20(40(2)3)11-12-25(21)41(4)31(42)46/h7-12,14-16,24,26,38H,6,13H2,1-5H3,(H,39,43)/t24-,26+/m0/s1. The molecule has 0 saturated heterocycles. The number of anilines is 2. The van der Waals surface area contributed by atoms with Crippen LogP contribution in [0.2, 0.25) is 0 Å². The number of nitrogens with one attached hydrogen (secondary N) is 2. The quantitative estimate of drug-likeness (QED) is 0.193. The molecule has 4 aromatic rings. The Morgan fingerprint density at radius 2 is 1.60 bits per heavy atom. The Balaban J connectivity index is 1.59. The Morgan fingerprint density at radius 3 is 2.13 bits per heavy atom. The van der Waals surface area contributed by atoms with Gasteiger partial charge < -0.3 is 20.3 Å². The number of halogens is 5. The number of aryl methyl sites for hydroxylation is 1. The molecule has 1 amide bonds. The van der Waals surface area contributed by atoms with Gasteiger partial charge in [-0.2, -0.15) is 13.2 Å². The smallest absolute Gasteiger partial charge is 0.408 e. The van der Waals surface area contributed by atoms with Crippen molar-refractivity contribution in [2.24, 2.45) is 7.05 Å². The SMILES string of the molecule is CC[C@@H](Nc1cc(F)c(C(=O)N[C@@H](Cc2ccc(-n3c(=O)c4cc(N(C)C)ccc4n(C)c3=O)cc2)C(=O)OC)c(F)c1)C(F)(F)F. The number of carbonyl (C=O) groups excluding carboxylic acids is 2. The number of rotatable bonds is 10. The zero-order valence-electron chi connectivity index (χ0n) is 26.0. The lowest BCUT2D eigenvalue weighted by Crippen LogP contribution is -2.43. The van der Waals surface area contributed by atoms with Crippen LogP contribution in [0.25, 0.3) is 16.6 Å². The summed E-state index contributed by atoms with van der Waals surface area (Å²) in [6.45, 7) is 1.24. The van der Waals surface area contributed by atoms with Gasteiger partial charge in [0.05, 0.1) is 23.7 Å². The monoisotopic (exact) mass is 661 g/mol. The number of alkyl halides is 3. The molecule has 0 radical (unpaired) electrons. The zero-order valence-corrected chi connectivity index (χ0v) is 26.0. The molecule has 15 heteroatoms. The Hall–Kier alpha value is -5.21. The van der Waals surface area contributed by atoms with Gasteiger partial charge in [-0.05, 0) is 54.4 Å². The van der Waals surface area contributed by atoms with Gasteiger partial charge in [0.1, 0.15) is 29.3 Å². The third kappa shape index (κ3) is 7.28. The van der Waals surface area contributed by atoms with E-state index in [4.69, 9.17) is 4.74 Å². The van der Waals surface area contributed by atoms with Crippen LogP contribution in [-0.2, 0) is 23.0 Å². The number of fused-ring (bicyclic) bond motifs is 1. The fourth-order valence-electron chi connectivity index (χ4n) is 5.03. The number of carbonyl (C=O) groups is 2. The van der Waals surface area contributed by atoms with E-state index in [0.29, 0.717) is 28.6 Å². The highest BCUT2D eigenvalue weighted by molar-refractivity contribution is 5.97. The van der Waals surface area contributed by atoms with Gasteiger partial charge in [0, 0.05) is 38.9 Å². The van der Waals surface area contributed by atoms with Crippen LogP contribution in [0.1, 0.15) is 29.3 Å². The summed E-state index contributed by atoms with van der Waals surface area (Å²) >= 11 is 0. The molecule has 0 aliphatic rings. The van der Waals surface area contributed by atoms with E-state index in [1.54, 1.807) is 18.2 Å². The van der Waals surface area contributed by atoms with Crippen LogP contribution in [0.3, 0.4) is 0 Å². The Kier molecular flexibility index (Phi) is 10.1. The molecule has 2 N–H and O–H groups in total. The number of benzene rings is 3. The first-order valence-electron chi connectivity index (χ1n) is 14.3. The van der Waals surface area contributed by atoms with E-state index in [9.17, 15) is 41.1 Å². The van der Waals surface area contributed by atoms with Gasteiger partial charge in [0.25, 0.3) is 11.5 Å². The van der Waals surface area contributed by atoms with Crippen molar-refractivity contribution in [1.82, 2.24) is 14.5 Å². The molecule has 0 aliphatic carbocycles. The van der Waals surface area contributed by atoms with Gasteiger partial charge in [-0.1, -0.05) is 19.1 Å². The van der Waals surface area contributed by atoms with Gasteiger partial charge in [-0.15, -0.1) is 0 Å². The van der Waals surface area contributed by atoms with Crippen LogP contribution < -0.4 is 26.8 Å². The maximum atomic E-state index is 14.8. The summed E-state index contributed by atoms with van der Waals surface area (Å²) in [5, 5.41) is 4.52. The number of aromatic nitrogens is 2. The summed E-state index contributed by atoms with van der Waals surface area (Å²) < 4.78 is 76.1. The Bertz CT molecular complexity index is 1910. The number of methoxy groups -OCH3 is 1. The van der Waals surface area contributed by atoms with Crippen molar-refractivity contribution >= 4 is 34.2 Å². The molecule has 2 atom stereocenters. The van der Waals surface area contributed by atoms with Crippen LogP contribution in [-0.4, -0.2) is 60.5 Å². The van der Waals surface area contributed by atoms with Gasteiger partial charge in [0.15, 0.2) is 0 Å². The first-order valence-corrected chi connectivity index (χ1v) is 14.3. The normalized spacial score (nSPS) is 12.8. The molecule has 10 nitrogen and oxygen atoms in total. The molecule has 1 heterocycles. The van der Waals surface area contributed by atoms with E-state index < -0.39 is 70.7 Å². The van der Waals surface area contributed by atoms with Crippen LogP contribution in [0.4, 0.5) is 33.3 Å². The van der Waals surface area contributed by atoms with E-state index in [0.717, 1.165) is 17.4 Å². The molecular formula is C32H32F5N5O5. The minimum absolute atomic E-state index is 0.220. The second-order valence-corrected chi connectivity index (χ2v) is 11.0. The summed E-state index contributed by atoms with van der Waals surface area (Å²) in [6.07, 6.45) is -5.31. The highest BCUT2D eigenvalue weighted by atomic mass is 19.4. The predicted octanol–water partition coefficient (Wildman–Crippen LogP) is 4.30. The maximum absolute atomic E-state index is 14.8. The van der Waals surface area contributed by atoms with Crippen LogP contribution in [0, 0.1) is 11.6 Å². The summed E-state index contributed by atoms with van der Waals surface area (Å²) in [7, 11) is 6.21. The minimum Gasteiger partial charge on any atom is -0.467 e. The van der Waals surface area contributed by atoms with Gasteiger partial charge in [-0.25, -0.2) is 22.9 Å². The zero-order chi connectivity index (χ0) is 34.8. The lowest BCUT2D eigenvalue weighted by molar-refractivity contribution is -0.143. The molecule has 47 heavy (non-hydrogen) atoms. The fourth-order valence-corrected chi connectivity index (χ4v) is 5.03. The lowest BCUT2D eigenvalue weighted by atomic mass is 10.0. The molecule has 0 bridgehead atoms. The molecule has 0 fully saturated rings. The Morgan fingerprint density at radius 1 is 0.979 bits per heavy atom. The maximum Gasteiger partial charge on any atom is 0.408 e. The fraction of sp³-hybridized carbons (Fsp3) is 0.312. The largest absolute Gasteiger partial charge is 0.467 e.